The average molecular weight is 371 g/mol. The van der Waals surface area contributed by atoms with Crippen molar-refractivity contribution in [2.24, 2.45) is 11.8 Å². The number of amides is 2. The van der Waals surface area contributed by atoms with Crippen LogP contribution in [0.25, 0.3) is 0 Å². The minimum atomic E-state index is 0.113. The Labute approximate surface area is 163 Å². The van der Waals surface area contributed by atoms with Gasteiger partial charge in [-0.1, -0.05) is 38.1 Å². The van der Waals surface area contributed by atoms with E-state index in [0.29, 0.717) is 31.3 Å². The lowest BCUT2D eigenvalue weighted by molar-refractivity contribution is -0.141. The third-order valence-electron chi connectivity index (χ3n) is 5.89. The van der Waals surface area contributed by atoms with E-state index in [4.69, 9.17) is 0 Å². The SMILES string of the molecule is CC(C)Cc1ccc(CC(=O)N2CCC(C(=O)N3CCCCC3)CC2)cc1. The van der Waals surface area contributed by atoms with E-state index >= 15 is 0 Å². The molecule has 2 fully saturated rings. The van der Waals surface area contributed by atoms with Crippen molar-refractivity contribution in [2.45, 2.75) is 58.8 Å². The van der Waals surface area contributed by atoms with Crippen LogP contribution in [0, 0.1) is 11.8 Å². The zero-order valence-corrected chi connectivity index (χ0v) is 17.0. The maximum absolute atomic E-state index is 12.7. The molecule has 2 aliphatic heterocycles. The molecule has 2 saturated heterocycles. The predicted molar refractivity (Wildman–Crippen MR) is 108 cm³/mol. The zero-order valence-electron chi connectivity index (χ0n) is 17.0. The molecule has 2 heterocycles. The first kappa shape index (κ1) is 19.9. The van der Waals surface area contributed by atoms with Crippen molar-refractivity contribution in [1.29, 1.82) is 0 Å². The highest BCUT2D eigenvalue weighted by molar-refractivity contribution is 5.81. The summed E-state index contributed by atoms with van der Waals surface area (Å²) in [5.74, 6) is 1.27. The van der Waals surface area contributed by atoms with Crippen molar-refractivity contribution in [1.82, 2.24) is 9.80 Å². The summed E-state index contributed by atoms with van der Waals surface area (Å²) < 4.78 is 0. The van der Waals surface area contributed by atoms with Crippen molar-refractivity contribution in [2.75, 3.05) is 26.2 Å². The quantitative estimate of drug-likeness (QED) is 0.793. The van der Waals surface area contributed by atoms with Gasteiger partial charge in [0.1, 0.15) is 0 Å². The highest BCUT2D eigenvalue weighted by Gasteiger charge is 2.30. The van der Waals surface area contributed by atoms with Crippen LogP contribution in [0.1, 0.15) is 57.1 Å². The van der Waals surface area contributed by atoms with Gasteiger partial charge in [-0.2, -0.15) is 0 Å². The topological polar surface area (TPSA) is 40.6 Å². The third-order valence-corrected chi connectivity index (χ3v) is 5.89. The van der Waals surface area contributed by atoms with Gasteiger partial charge >= 0.3 is 0 Å². The Kier molecular flexibility index (Phi) is 6.92. The monoisotopic (exact) mass is 370 g/mol. The van der Waals surface area contributed by atoms with Crippen molar-refractivity contribution in [3.05, 3.63) is 35.4 Å². The lowest BCUT2D eigenvalue weighted by atomic mass is 9.94. The molecule has 0 bridgehead atoms. The molecule has 3 rings (SSSR count). The lowest BCUT2D eigenvalue weighted by Gasteiger charge is -2.35. The van der Waals surface area contributed by atoms with Crippen molar-refractivity contribution < 1.29 is 9.59 Å². The van der Waals surface area contributed by atoms with Gasteiger partial charge in [-0.3, -0.25) is 9.59 Å². The molecule has 4 heteroatoms. The van der Waals surface area contributed by atoms with Crippen LogP contribution in [0.2, 0.25) is 0 Å². The Morgan fingerprint density at radius 1 is 0.889 bits per heavy atom. The van der Waals surface area contributed by atoms with Crippen molar-refractivity contribution in [3.63, 3.8) is 0 Å². The molecule has 27 heavy (non-hydrogen) atoms. The van der Waals surface area contributed by atoms with Crippen LogP contribution in [0.15, 0.2) is 24.3 Å². The maximum atomic E-state index is 12.7. The van der Waals surface area contributed by atoms with Gasteiger partial charge in [-0.25, -0.2) is 0 Å². The van der Waals surface area contributed by atoms with Crippen LogP contribution in [0.5, 0.6) is 0 Å². The largest absolute Gasteiger partial charge is 0.342 e. The molecule has 0 aromatic heterocycles. The third kappa shape index (κ3) is 5.57. The second kappa shape index (κ2) is 9.38. The van der Waals surface area contributed by atoms with E-state index < -0.39 is 0 Å². The number of hydrogen-bond donors (Lipinski definition) is 0. The summed E-state index contributed by atoms with van der Waals surface area (Å²) in [6.07, 6.45) is 6.69. The Bertz CT molecular complexity index is 624. The number of carbonyl (C=O) groups is 2. The first-order valence-electron chi connectivity index (χ1n) is 10.7. The normalized spacial score (nSPS) is 18.8. The fourth-order valence-electron chi connectivity index (χ4n) is 4.30. The molecule has 0 aliphatic carbocycles. The fourth-order valence-corrected chi connectivity index (χ4v) is 4.30. The number of nitrogens with zero attached hydrogens (tertiary/aromatic N) is 2. The summed E-state index contributed by atoms with van der Waals surface area (Å²) in [5.41, 5.74) is 2.41. The molecule has 2 amide bonds. The van der Waals surface area contributed by atoms with E-state index in [-0.39, 0.29) is 11.8 Å². The van der Waals surface area contributed by atoms with Gasteiger partial charge < -0.3 is 9.80 Å². The first-order chi connectivity index (χ1) is 13.0. The minimum absolute atomic E-state index is 0.113. The van der Waals surface area contributed by atoms with Crippen LogP contribution in [0.3, 0.4) is 0 Å². The molecule has 0 saturated carbocycles. The summed E-state index contributed by atoms with van der Waals surface area (Å²) in [7, 11) is 0. The maximum Gasteiger partial charge on any atom is 0.226 e. The molecule has 2 aliphatic rings. The highest BCUT2D eigenvalue weighted by atomic mass is 16.2. The van der Waals surface area contributed by atoms with Gasteiger partial charge in [-0.05, 0) is 55.6 Å². The number of hydrogen-bond acceptors (Lipinski definition) is 2. The van der Waals surface area contributed by atoms with E-state index in [2.05, 4.69) is 38.1 Å². The number of benzene rings is 1. The average Bonchev–Trinajstić information content (AvgIpc) is 2.69. The van der Waals surface area contributed by atoms with Crippen LogP contribution < -0.4 is 0 Å². The lowest BCUT2D eigenvalue weighted by Crippen LogP contribution is -2.46. The highest BCUT2D eigenvalue weighted by Crippen LogP contribution is 2.22. The zero-order chi connectivity index (χ0) is 19.2. The van der Waals surface area contributed by atoms with Crippen LogP contribution in [-0.2, 0) is 22.4 Å². The molecule has 1 aromatic carbocycles. The van der Waals surface area contributed by atoms with E-state index in [9.17, 15) is 9.59 Å². The standard InChI is InChI=1S/C23H34N2O2/c1-18(2)16-19-6-8-20(9-7-19)17-22(26)24-14-10-21(11-15-24)23(27)25-12-4-3-5-13-25/h6-9,18,21H,3-5,10-17H2,1-2H3. The Morgan fingerprint density at radius 2 is 1.48 bits per heavy atom. The fraction of sp³-hybridized carbons (Fsp3) is 0.652. The molecule has 0 atom stereocenters. The molecule has 0 N–H and O–H groups in total. The minimum Gasteiger partial charge on any atom is -0.342 e. The van der Waals surface area contributed by atoms with Crippen molar-refractivity contribution in [3.8, 4) is 0 Å². The molecule has 148 valence electrons. The van der Waals surface area contributed by atoms with Gasteiger partial charge in [0.2, 0.25) is 11.8 Å². The Morgan fingerprint density at radius 3 is 2.07 bits per heavy atom. The predicted octanol–water partition coefficient (Wildman–Crippen LogP) is 3.68. The summed E-state index contributed by atoms with van der Waals surface area (Å²) in [5, 5.41) is 0. The molecule has 0 radical (unpaired) electrons. The first-order valence-corrected chi connectivity index (χ1v) is 10.7. The van der Waals surface area contributed by atoms with E-state index in [1.807, 2.05) is 9.80 Å². The van der Waals surface area contributed by atoms with Gasteiger partial charge in [0, 0.05) is 32.1 Å². The summed E-state index contributed by atoms with van der Waals surface area (Å²) in [4.78, 5) is 29.3. The van der Waals surface area contributed by atoms with Crippen LogP contribution in [-0.4, -0.2) is 47.8 Å². The molecule has 1 aromatic rings. The molecule has 4 nitrogen and oxygen atoms in total. The number of carbonyl (C=O) groups excluding carboxylic acids is 2. The van der Waals surface area contributed by atoms with Crippen molar-refractivity contribution >= 4 is 11.8 Å². The summed E-state index contributed by atoms with van der Waals surface area (Å²) in [6.45, 7) is 7.72. The Hall–Kier alpha value is -1.84. The van der Waals surface area contributed by atoms with E-state index in [1.54, 1.807) is 0 Å². The van der Waals surface area contributed by atoms with Gasteiger partial charge in [0.05, 0.1) is 6.42 Å². The van der Waals surface area contributed by atoms with Crippen LogP contribution >= 0.6 is 0 Å². The van der Waals surface area contributed by atoms with Gasteiger partial charge in [-0.15, -0.1) is 0 Å². The summed E-state index contributed by atoms with van der Waals surface area (Å²) >= 11 is 0. The van der Waals surface area contributed by atoms with Gasteiger partial charge in [0.15, 0.2) is 0 Å². The molecular formula is C23H34N2O2. The number of rotatable bonds is 5. The molecule has 0 spiro atoms. The van der Waals surface area contributed by atoms with E-state index in [0.717, 1.165) is 50.8 Å². The second-order valence-corrected chi connectivity index (χ2v) is 8.63. The number of piperidine rings is 2. The summed E-state index contributed by atoms with van der Waals surface area (Å²) in [6, 6.07) is 8.46. The smallest absolute Gasteiger partial charge is 0.226 e. The second-order valence-electron chi connectivity index (χ2n) is 8.63. The number of likely N-dealkylation sites (tertiary alicyclic amines) is 2. The Balaban J connectivity index is 1.46. The molecule has 0 unspecified atom stereocenters. The van der Waals surface area contributed by atoms with E-state index in [1.165, 1.54) is 12.0 Å². The molecular weight excluding hydrogens is 336 g/mol. The van der Waals surface area contributed by atoms with Gasteiger partial charge in [0.25, 0.3) is 0 Å². The van der Waals surface area contributed by atoms with Crippen LogP contribution in [0.4, 0.5) is 0 Å².